The zero-order chi connectivity index (χ0) is 16.1. The van der Waals surface area contributed by atoms with E-state index in [1.54, 1.807) is 6.92 Å². The van der Waals surface area contributed by atoms with E-state index in [9.17, 15) is 9.90 Å². The molecule has 1 aromatic rings. The summed E-state index contributed by atoms with van der Waals surface area (Å²) in [5.74, 6) is 0.0868. The Morgan fingerprint density at radius 1 is 1.41 bits per heavy atom. The maximum Gasteiger partial charge on any atom is 0.223 e. The standard InChI is InChI=1S/C18H28N2O2/c1-4-6-10-19(5-2)13-18(22)16-7-8-17-15(12-16)9-11-20(17)14(3)21/h7-8,12,18,22H,4-6,9-11,13H2,1-3H3. The number of anilines is 1. The molecule has 1 N–H and O–H groups in total. The summed E-state index contributed by atoms with van der Waals surface area (Å²) in [5.41, 5.74) is 3.13. The van der Waals surface area contributed by atoms with Gasteiger partial charge in [-0.2, -0.15) is 0 Å². The number of hydrogen-bond acceptors (Lipinski definition) is 3. The summed E-state index contributed by atoms with van der Waals surface area (Å²) in [6, 6.07) is 6.00. The Morgan fingerprint density at radius 3 is 2.82 bits per heavy atom. The van der Waals surface area contributed by atoms with Crippen molar-refractivity contribution in [2.45, 2.75) is 46.1 Å². The van der Waals surface area contributed by atoms with Crippen molar-refractivity contribution < 1.29 is 9.90 Å². The molecule has 0 bridgehead atoms. The van der Waals surface area contributed by atoms with Crippen molar-refractivity contribution in [3.8, 4) is 0 Å². The molecule has 22 heavy (non-hydrogen) atoms. The minimum absolute atomic E-state index is 0.0868. The van der Waals surface area contributed by atoms with Crippen molar-refractivity contribution in [2.24, 2.45) is 0 Å². The number of aliphatic hydroxyl groups is 1. The van der Waals surface area contributed by atoms with Crippen LogP contribution in [0.15, 0.2) is 18.2 Å². The predicted octanol–water partition coefficient (Wildman–Crippen LogP) is 2.75. The van der Waals surface area contributed by atoms with Crippen molar-refractivity contribution in [2.75, 3.05) is 31.1 Å². The van der Waals surface area contributed by atoms with Crippen LogP contribution < -0.4 is 4.90 Å². The Labute approximate surface area is 133 Å². The molecule has 0 aromatic heterocycles. The number of carbonyl (C=O) groups is 1. The Kier molecular flexibility index (Phi) is 5.98. The molecule has 1 aliphatic rings. The molecule has 1 heterocycles. The van der Waals surface area contributed by atoms with E-state index in [0.29, 0.717) is 6.54 Å². The highest BCUT2D eigenvalue weighted by molar-refractivity contribution is 5.93. The van der Waals surface area contributed by atoms with Gasteiger partial charge < -0.3 is 14.9 Å². The van der Waals surface area contributed by atoms with Gasteiger partial charge in [0, 0.05) is 25.7 Å². The average molecular weight is 304 g/mol. The molecular formula is C18H28N2O2. The Hall–Kier alpha value is -1.39. The molecule has 0 fully saturated rings. The molecule has 0 saturated heterocycles. The van der Waals surface area contributed by atoms with Gasteiger partial charge in [0.05, 0.1) is 6.10 Å². The normalized spacial score (nSPS) is 15.2. The van der Waals surface area contributed by atoms with Crippen LogP contribution in [0, 0.1) is 0 Å². The maximum atomic E-state index is 11.6. The minimum atomic E-state index is -0.464. The number of amides is 1. The Morgan fingerprint density at radius 2 is 2.18 bits per heavy atom. The van der Waals surface area contributed by atoms with Crippen molar-refractivity contribution >= 4 is 11.6 Å². The van der Waals surface area contributed by atoms with E-state index in [0.717, 1.165) is 43.7 Å². The van der Waals surface area contributed by atoms with Gasteiger partial charge in [-0.25, -0.2) is 0 Å². The summed E-state index contributed by atoms with van der Waals surface area (Å²) in [4.78, 5) is 15.7. The summed E-state index contributed by atoms with van der Waals surface area (Å²) in [7, 11) is 0. The zero-order valence-electron chi connectivity index (χ0n) is 14.0. The number of nitrogens with zero attached hydrogens (tertiary/aromatic N) is 2. The smallest absolute Gasteiger partial charge is 0.223 e. The Balaban J connectivity index is 2.05. The highest BCUT2D eigenvalue weighted by Gasteiger charge is 2.23. The summed E-state index contributed by atoms with van der Waals surface area (Å²) in [6.45, 7) is 9.34. The molecule has 4 heteroatoms. The first-order valence-corrected chi connectivity index (χ1v) is 8.38. The second-order valence-electron chi connectivity index (χ2n) is 6.07. The molecule has 0 aliphatic carbocycles. The molecule has 1 unspecified atom stereocenters. The highest BCUT2D eigenvalue weighted by Crippen LogP contribution is 2.30. The fourth-order valence-electron chi connectivity index (χ4n) is 3.07. The first-order chi connectivity index (χ1) is 10.6. The van der Waals surface area contributed by atoms with Gasteiger partial charge in [-0.15, -0.1) is 0 Å². The fraction of sp³-hybridized carbons (Fsp3) is 0.611. The highest BCUT2D eigenvalue weighted by atomic mass is 16.3. The summed E-state index contributed by atoms with van der Waals surface area (Å²) in [5, 5.41) is 10.5. The lowest BCUT2D eigenvalue weighted by molar-refractivity contribution is -0.116. The summed E-state index contributed by atoms with van der Waals surface area (Å²) >= 11 is 0. The van der Waals surface area contributed by atoms with Crippen LogP contribution >= 0.6 is 0 Å². The van der Waals surface area contributed by atoms with Crippen molar-refractivity contribution in [1.82, 2.24) is 4.90 Å². The monoisotopic (exact) mass is 304 g/mol. The summed E-state index contributed by atoms with van der Waals surface area (Å²) in [6.07, 6.45) is 2.75. The van der Waals surface area contributed by atoms with Gasteiger partial charge in [0.1, 0.15) is 0 Å². The van der Waals surface area contributed by atoms with E-state index in [1.165, 1.54) is 12.0 Å². The average Bonchev–Trinajstić information content (AvgIpc) is 2.94. The number of rotatable bonds is 7. The van der Waals surface area contributed by atoms with Gasteiger partial charge in [0.15, 0.2) is 0 Å². The number of likely N-dealkylation sites (N-methyl/N-ethyl adjacent to an activating group) is 1. The second-order valence-corrected chi connectivity index (χ2v) is 6.07. The third-order valence-corrected chi connectivity index (χ3v) is 4.47. The number of fused-ring (bicyclic) bond motifs is 1. The lowest BCUT2D eigenvalue weighted by Gasteiger charge is -2.24. The molecule has 2 rings (SSSR count). The lowest BCUT2D eigenvalue weighted by Crippen LogP contribution is -2.29. The van der Waals surface area contributed by atoms with Crippen LogP contribution in [0.5, 0.6) is 0 Å². The SMILES string of the molecule is CCCCN(CC)CC(O)c1ccc2c(c1)CCN2C(C)=O. The van der Waals surface area contributed by atoms with Crippen molar-refractivity contribution in [1.29, 1.82) is 0 Å². The van der Waals surface area contributed by atoms with Crippen LogP contribution in [0.2, 0.25) is 0 Å². The lowest BCUT2D eigenvalue weighted by atomic mass is 10.0. The topological polar surface area (TPSA) is 43.8 Å². The molecule has 4 nitrogen and oxygen atoms in total. The quantitative estimate of drug-likeness (QED) is 0.842. The third-order valence-electron chi connectivity index (χ3n) is 4.47. The Bertz CT molecular complexity index is 516. The van der Waals surface area contributed by atoms with Gasteiger partial charge in [0.2, 0.25) is 5.91 Å². The van der Waals surface area contributed by atoms with E-state index in [4.69, 9.17) is 0 Å². The van der Waals surface area contributed by atoms with Crippen LogP contribution in [0.1, 0.15) is 50.8 Å². The van der Waals surface area contributed by atoms with Gasteiger partial charge in [-0.1, -0.05) is 32.4 Å². The van der Waals surface area contributed by atoms with E-state index in [-0.39, 0.29) is 5.91 Å². The molecule has 1 aromatic carbocycles. The van der Waals surface area contributed by atoms with Crippen LogP contribution in [0.3, 0.4) is 0 Å². The first-order valence-electron chi connectivity index (χ1n) is 8.38. The molecule has 1 aliphatic heterocycles. The van der Waals surface area contributed by atoms with Crippen LogP contribution in [-0.2, 0) is 11.2 Å². The van der Waals surface area contributed by atoms with E-state index >= 15 is 0 Å². The largest absolute Gasteiger partial charge is 0.387 e. The molecule has 0 saturated carbocycles. The molecule has 1 atom stereocenters. The molecular weight excluding hydrogens is 276 g/mol. The molecule has 122 valence electrons. The first kappa shape index (κ1) is 17.0. The van der Waals surface area contributed by atoms with Gasteiger partial charge >= 0.3 is 0 Å². The predicted molar refractivity (Wildman–Crippen MR) is 90.2 cm³/mol. The number of unbranched alkanes of at least 4 members (excludes halogenated alkanes) is 1. The van der Waals surface area contributed by atoms with Crippen LogP contribution in [0.25, 0.3) is 0 Å². The summed E-state index contributed by atoms with van der Waals surface area (Å²) < 4.78 is 0. The van der Waals surface area contributed by atoms with E-state index in [1.807, 2.05) is 17.0 Å². The fourth-order valence-corrected chi connectivity index (χ4v) is 3.07. The van der Waals surface area contributed by atoms with Crippen LogP contribution in [0.4, 0.5) is 5.69 Å². The third kappa shape index (κ3) is 3.87. The molecule has 0 radical (unpaired) electrons. The number of carbonyl (C=O) groups excluding carboxylic acids is 1. The van der Waals surface area contributed by atoms with Gasteiger partial charge in [-0.3, -0.25) is 4.79 Å². The maximum absolute atomic E-state index is 11.6. The molecule has 1 amide bonds. The van der Waals surface area contributed by atoms with Gasteiger partial charge in [-0.05, 0) is 43.1 Å². The van der Waals surface area contributed by atoms with Crippen molar-refractivity contribution in [3.63, 3.8) is 0 Å². The number of aliphatic hydroxyl groups excluding tert-OH is 1. The van der Waals surface area contributed by atoms with Crippen molar-refractivity contribution in [3.05, 3.63) is 29.3 Å². The minimum Gasteiger partial charge on any atom is -0.387 e. The zero-order valence-corrected chi connectivity index (χ0v) is 14.0. The van der Waals surface area contributed by atoms with Gasteiger partial charge in [0.25, 0.3) is 0 Å². The second kappa shape index (κ2) is 7.75. The van der Waals surface area contributed by atoms with E-state index in [2.05, 4.69) is 24.8 Å². The molecule has 0 spiro atoms. The van der Waals surface area contributed by atoms with E-state index < -0.39 is 6.10 Å². The number of benzene rings is 1. The van der Waals surface area contributed by atoms with Crippen LogP contribution in [-0.4, -0.2) is 42.1 Å². The number of hydrogen-bond donors (Lipinski definition) is 1.